The molecule has 4 rings (SSSR count). The van der Waals surface area contributed by atoms with Gasteiger partial charge < -0.3 is 14.0 Å². The highest BCUT2D eigenvalue weighted by atomic mass is 32.2. The first-order valence-corrected chi connectivity index (χ1v) is 9.90. The Morgan fingerprint density at radius 3 is 2.55 bits per heavy atom. The number of alkyl halides is 3. The number of aryl methyl sites for hydroxylation is 1. The van der Waals surface area contributed by atoms with Crippen LogP contribution in [-0.2, 0) is 20.3 Å². The number of hydrogen-bond donors (Lipinski definition) is 0. The van der Waals surface area contributed by atoms with Crippen molar-refractivity contribution in [1.29, 1.82) is 0 Å². The van der Waals surface area contributed by atoms with Gasteiger partial charge in [-0.05, 0) is 30.0 Å². The second-order valence-corrected chi connectivity index (χ2v) is 7.76. The van der Waals surface area contributed by atoms with E-state index in [0.29, 0.717) is 16.0 Å². The van der Waals surface area contributed by atoms with Gasteiger partial charge >= 0.3 is 6.18 Å². The second kappa shape index (κ2) is 7.73. The maximum Gasteiger partial charge on any atom is 0.417 e. The van der Waals surface area contributed by atoms with Crippen molar-refractivity contribution < 1.29 is 13.2 Å². The lowest BCUT2D eigenvalue weighted by Gasteiger charge is -2.21. The Bertz CT molecular complexity index is 1260. The van der Waals surface area contributed by atoms with Gasteiger partial charge in [-0.3, -0.25) is 4.98 Å². The van der Waals surface area contributed by atoms with E-state index in [1.165, 1.54) is 11.8 Å². The van der Waals surface area contributed by atoms with Crippen molar-refractivity contribution in [3.63, 3.8) is 0 Å². The van der Waals surface area contributed by atoms with Gasteiger partial charge in [0.05, 0.1) is 35.0 Å². The number of imidazole rings is 2. The zero-order valence-electron chi connectivity index (χ0n) is 16.9. The number of fused-ring (bicyclic) bond motifs is 1. The number of anilines is 1. The molecule has 4 heterocycles. The van der Waals surface area contributed by atoms with Gasteiger partial charge in [-0.1, -0.05) is 6.58 Å². The average molecular weight is 445 g/mol. The summed E-state index contributed by atoms with van der Waals surface area (Å²) in [6.07, 6.45) is 1.47. The van der Waals surface area contributed by atoms with Crippen molar-refractivity contribution in [2.75, 3.05) is 11.9 Å². The molecule has 0 amide bonds. The number of halogens is 3. The number of aromatic nitrogens is 6. The van der Waals surface area contributed by atoms with Gasteiger partial charge in [0.25, 0.3) is 0 Å². The zero-order chi connectivity index (χ0) is 22.3. The third kappa shape index (κ3) is 3.88. The standard InChI is InChI=1S/C20H18F3N7S/c1-12(28(2)14-6-5-7-24-10-14)16-11-26-18(29(16)3)31-19-27-15-8-13(20(21,22)23)9-25-17(15)30(19)4/h5-11H,1H2,2-4H3. The molecule has 0 unspecified atom stereocenters. The molecule has 31 heavy (non-hydrogen) atoms. The number of nitrogens with zero attached hydrogens (tertiary/aromatic N) is 7. The summed E-state index contributed by atoms with van der Waals surface area (Å²) < 4.78 is 42.4. The van der Waals surface area contributed by atoms with Crippen LogP contribution in [0.5, 0.6) is 0 Å². The number of rotatable bonds is 5. The second-order valence-electron chi connectivity index (χ2n) is 6.82. The molecule has 0 aromatic carbocycles. The molecular formula is C20H18F3N7S. The quantitative estimate of drug-likeness (QED) is 0.455. The summed E-state index contributed by atoms with van der Waals surface area (Å²) in [4.78, 5) is 18.7. The van der Waals surface area contributed by atoms with Crippen molar-refractivity contribution in [2.24, 2.45) is 14.1 Å². The van der Waals surface area contributed by atoms with Gasteiger partial charge in [0.2, 0.25) is 0 Å². The largest absolute Gasteiger partial charge is 0.417 e. The summed E-state index contributed by atoms with van der Waals surface area (Å²) in [5.41, 5.74) is 2.09. The topological polar surface area (TPSA) is 64.7 Å². The van der Waals surface area contributed by atoms with E-state index in [1.54, 1.807) is 30.2 Å². The predicted octanol–water partition coefficient (Wildman–Crippen LogP) is 4.37. The third-order valence-corrected chi connectivity index (χ3v) is 5.97. The molecule has 0 aliphatic heterocycles. The summed E-state index contributed by atoms with van der Waals surface area (Å²) in [5.74, 6) is 0. The molecule has 0 radical (unpaired) electrons. The van der Waals surface area contributed by atoms with E-state index >= 15 is 0 Å². The first-order valence-electron chi connectivity index (χ1n) is 9.09. The van der Waals surface area contributed by atoms with Crippen LogP contribution in [0.1, 0.15) is 11.3 Å². The molecule has 0 spiro atoms. The Labute approximate surface area is 180 Å². The van der Waals surface area contributed by atoms with Gasteiger partial charge in [-0.15, -0.1) is 0 Å². The molecule has 7 nitrogen and oxygen atoms in total. The summed E-state index contributed by atoms with van der Waals surface area (Å²) in [6, 6.07) is 4.76. The fraction of sp³-hybridized carbons (Fsp3) is 0.200. The highest BCUT2D eigenvalue weighted by Crippen LogP contribution is 2.33. The Morgan fingerprint density at radius 2 is 1.87 bits per heavy atom. The van der Waals surface area contributed by atoms with Crippen LogP contribution >= 0.6 is 11.8 Å². The molecule has 0 saturated carbocycles. The Kier molecular flexibility index (Phi) is 5.21. The minimum Gasteiger partial charge on any atom is -0.342 e. The SMILES string of the molecule is C=C(c1cnc(Sc2nc3cc(C(F)(F)F)cnc3n2C)n1C)N(C)c1cccnc1. The number of pyridine rings is 2. The molecule has 0 saturated heterocycles. The fourth-order valence-corrected chi connectivity index (χ4v) is 3.89. The molecular weight excluding hydrogens is 427 g/mol. The zero-order valence-corrected chi connectivity index (χ0v) is 17.7. The first kappa shape index (κ1) is 20.9. The lowest BCUT2D eigenvalue weighted by Crippen LogP contribution is -2.16. The Hall–Kier alpha value is -3.34. The van der Waals surface area contributed by atoms with Crippen LogP contribution in [0.3, 0.4) is 0 Å². The fourth-order valence-electron chi connectivity index (χ4n) is 3.02. The highest BCUT2D eigenvalue weighted by molar-refractivity contribution is 7.99. The summed E-state index contributed by atoms with van der Waals surface area (Å²) in [7, 11) is 5.43. The van der Waals surface area contributed by atoms with Gasteiger partial charge in [0.1, 0.15) is 5.52 Å². The van der Waals surface area contributed by atoms with Crippen LogP contribution in [-0.4, -0.2) is 36.1 Å². The molecule has 0 bridgehead atoms. The van der Waals surface area contributed by atoms with Crippen LogP contribution in [0, 0.1) is 0 Å². The third-order valence-electron chi connectivity index (χ3n) is 4.86. The van der Waals surface area contributed by atoms with Crippen LogP contribution in [0.2, 0.25) is 0 Å². The van der Waals surface area contributed by atoms with Crippen molar-refractivity contribution in [1.82, 2.24) is 29.1 Å². The van der Waals surface area contributed by atoms with E-state index in [9.17, 15) is 13.2 Å². The van der Waals surface area contributed by atoms with E-state index in [1.807, 2.05) is 35.7 Å². The smallest absolute Gasteiger partial charge is 0.342 e. The van der Waals surface area contributed by atoms with Gasteiger partial charge in [-0.25, -0.2) is 15.0 Å². The van der Waals surface area contributed by atoms with Gasteiger partial charge in [0, 0.05) is 33.5 Å². The van der Waals surface area contributed by atoms with Crippen LogP contribution in [0.4, 0.5) is 18.9 Å². The predicted molar refractivity (Wildman–Crippen MR) is 113 cm³/mol. The Balaban J connectivity index is 1.62. The van der Waals surface area contributed by atoms with Gasteiger partial charge in [-0.2, -0.15) is 13.2 Å². The summed E-state index contributed by atoms with van der Waals surface area (Å²) >= 11 is 1.24. The lowest BCUT2D eigenvalue weighted by atomic mass is 10.2. The summed E-state index contributed by atoms with van der Waals surface area (Å²) in [6.45, 7) is 4.16. The normalized spacial score (nSPS) is 11.8. The lowest BCUT2D eigenvalue weighted by molar-refractivity contribution is -0.137. The van der Waals surface area contributed by atoms with Crippen LogP contribution in [0.25, 0.3) is 16.9 Å². The van der Waals surface area contributed by atoms with Crippen LogP contribution < -0.4 is 4.90 Å². The minimum absolute atomic E-state index is 0.176. The monoisotopic (exact) mass is 445 g/mol. The van der Waals surface area contributed by atoms with Crippen molar-refractivity contribution in [2.45, 2.75) is 16.5 Å². The average Bonchev–Trinajstić information content (AvgIpc) is 3.26. The van der Waals surface area contributed by atoms with E-state index in [2.05, 4.69) is 26.5 Å². The maximum atomic E-state index is 13.0. The first-order chi connectivity index (χ1) is 14.7. The van der Waals surface area contributed by atoms with Crippen LogP contribution in [0.15, 0.2) is 59.9 Å². The molecule has 0 aliphatic carbocycles. The minimum atomic E-state index is -4.47. The molecule has 160 valence electrons. The van der Waals surface area contributed by atoms with E-state index in [4.69, 9.17) is 0 Å². The van der Waals surface area contributed by atoms with E-state index in [0.717, 1.165) is 29.3 Å². The molecule has 0 aliphatic rings. The molecule has 11 heteroatoms. The molecule has 4 aromatic heterocycles. The molecule has 0 N–H and O–H groups in total. The molecule has 0 fully saturated rings. The van der Waals surface area contributed by atoms with E-state index in [-0.39, 0.29) is 5.52 Å². The van der Waals surface area contributed by atoms with Gasteiger partial charge in [0.15, 0.2) is 16.0 Å². The summed E-state index contributed by atoms with van der Waals surface area (Å²) in [5, 5.41) is 1.10. The highest BCUT2D eigenvalue weighted by Gasteiger charge is 2.31. The van der Waals surface area contributed by atoms with Crippen molar-refractivity contribution in [3.05, 3.63) is 60.8 Å². The maximum absolute atomic E-state index is 13.0. The van der Waals surface area contributed by atoms with Crippen molar-refractivity contribution >= 4 is 34.3 Å². The number of hydrogen-bond acceptors (Lipinski definition) is 6. The molecule has 0 atom stereocenters. The van der Waals surface area contributed by atoms with E-state index < -0.39 is 11.7 Å². The molecule has 4 aromatic rings. The Morgan fingerprint density at radius 1 is 1.10 bits per heavy atom. The van der Waals surface area contributed by atoms with Crippen molar-refractivity contribution in [3.8, 4) is 0 Å².